The van der Waals surface area contributed by atoms with Crippen molar-refractivity contribution in [1.82, 2.24) is 4.98 Å². The summed E-state index contributed by atoms with van der Waals surface area (Å²) >= 11 is 0. The van der Waals surface area contributed by atoms with Crippen LogP contribution < -0.4 is 5.32 Å². The van der Waals surface area contributed by atoms with Gasteiger partial charge in [0.25, 0.3) is 0 Å². The van der Waals surface area contributed by atoms with Crippen LogP contribution >= 0.6 is 0 Å². The SMILES string of the molecule is O=C(O)c1ccc(CNc2ccc(-c3cnco3)cc2)o1. The van der Waals surface area contributed by atoms with Crippen LogP contribution in [0.2, 0.25) is 0 Å². The van der Waals surface area contributed by atoms with Crippen LogP contribution in [-0.2, 0) is 6.54 Å². The zero-order valence-corrected chi connectivity index (χ0v) is 10.9. The van der Waals surface area contributed by atoms with E-state index in [-0.39, 0.29) is 5.76 Å². The van der Waals surface area contributed by atoms with Gasteiger partial charge in [-0.25, -0.2) is 9.78 Å². The Morgan fingerprint density at radius 2 is 2.00 bits per heavy atom. The molecule has 0 aliphatic carbocycles. The first kappa shape index (κ1) is 13.0. The van der Waals surface area contributed by atoms with Crippen LogP contribution in [0.4, 0.5) is 5.69 Å². The number of hydrogen-bond donors (Lipinski definition) is 2. The lowest BCUT2D eigenvalue weighted by molar-refractivity contribution is 0.0660. The smallest absolute Gasteiger partial charge is 0.371 e. The van der Waals surface area contributed by atoms with Gasteiger partial charge in [0.2, 0.25) is 5.76 Å². The zero-order valence-electron chi connectivity index (χ0n) is 10.9. The Hall–Kier alpha value is -3.02. The molecule has 106 valence electrons. The highest BCUT2D eigenvalue weighted by molar-refractivity contribution is 5.84. The molecule has 0 saturated heterocycles. The third kappa shape index (κ3) is 2.94. The number of rotatable bonds is 5. The van der Waals surface area contributed by atoms with Crippen molar-refractivity contribution in [3.8, 4) is 11.3 Å². The minimum absolute atomic E-state index is 0.0625. The molecule has 0 amide bonds. The third-order valence-corrected chi connectivity index (χ3v) is 2.94. The zero-order chi connectivity index (χ0) is 14.7. The fraction of sp³-hybridized carbons (Fsp3) is 0.0667. The lowest BCUT2D eigenvalue weighted by Gasteiger charge is -2.05. The first-order valence-corrected chi connectivity index (χ1v) is 6.27. The highest BCUT2D eigenvalue weighted by Gasteiger charge is 2.08. The molecule has 21 heavy (non-hydrogen) atoms. The molecular weight excluding hydrogens is 272 g/mol. The molecule has 0 aliphatic heterocycles. The van der Waals surface area contributed by atoms with Crippen molar-refractivity contribution in [2.24, 2.45) is 0 Å². The summed E-state index contributed by atoms with van der Waals surface area (Å²) in [7, 11) is 0. The van der Waals surface area contributed by atoms with Crippen LogP contribution in [0.25, 0.3) is 11.3 Å². The van der Waals surface area contributed by atoms with Crippen LogP contribution in [0.1, 0.15) is 16.3 Å². The number of anilines is 1. The molecule has 2 N–H and O–H groups in total. The Labute approximate surface area is 120 Å². The minimum atomic E-state index is -1.07. The highest BCUT2D eigenvalue weighted by atomic mass is 16.4. The Morgan fingerprint density at radius 3 is 2.62 bits per heavy atom. The molecule has 3 aromatic rings. The number of aromatic nitrogens is 1. The van der Waals surface area contributed by atoms with E-state index in [0.29, 0.717) is 18.1 Å². The van der Waals surface area contributed by atoms with E-state index in [4.69, 9.17) is 13.9 Å². The second-order valence-electron chi connectivity index (χ2n) is 4.37. The summed E-state index contributed by atoms with van der Waals surface area (Å²) < 4.78 is 10.4. The Balaban J connectivity index is 1.64. The quantitative estimate of drug-likeness (QED) is 0.747. The fourth-order valence-electron chi connectivity index (χ4n) is 1.89. The lowest BCUT2D eigenvalue weighted by atomic mass is 10.1. The summed E-state index contributed by atoms with van der Waals surface area (Å²) in [6, 6.07) is 10.7. The van der Waals surface area contributed by atoms with Gasteiger partial charge in [0.05, 0.1) is 12.7 Å². The summed E-state index contributed by atoms with van der Waals surface area (Å²) in [6.45, 7) is 0.412. The minimum Gasteiger partial charge on any atom is -0.475 e. The summed E-state index contributed by atoms with van der Waals surface area (Å²) in [4.78, 5) is 14.6. The van der Waals surface area contributed by atoms with E-state index in [0.717, 1.165) is 11.3 Å². The van der Waals surface area contributed by atoms with Gasteiger partial charge < -0.3 is 19.3 Å². The van der Waals surface area contributed by atoms with E-state index in [1.54, 1.807) is 12.3 Å². The van der Waals surface area contributed by atoms with Gasteiger partial charge in [-0.05, 0) is 36.4 Å². The number of carbonyl (C=O) groups is 1. The van der Waals surface area contributed by atoms with E-state index in [1.165, 1.54) is 12.5 Å². The molecule has 1 aromatic carbocycles. The van der Waals surface area contributed by atoms with Crippen molar-refractivity contribution in [2.75, 3.05) is 5.32 Å². The maximum atomic E-state index is 10.7. The van der Waals surface area contributed by atoms with E-state index >= 15 is 0 Å². The van der Waals surface area contributed by atoms with Crippen LogP contribution in [0.3, 0.4) is 0 Å². The standard InChI is InChI=1S/C15H12N2O4/c18-15(19)13-6-5-12(21-13)7-17-11-3-1-10(2-4-11)14-8-16-9-20-14/h1-6,8-9,17H,7H2,(H,18,19). The lowest BCUT2D eigenvalue weighted by Crippen LogP contribution is -1.98. The predicted octanol–water partition coefficient (Wildman–Crippen LogP) is 3.24. The summed E-state index contributed by atoms with van der Waals surface area (Å²) in [5, 5.41) is 11.9. The van der Waals surface area contributed by atoms with Gasteiger partial charge >= 0.3 is 5.97 Å². The first-order chi connectivity index (χ1) is 10.2. The molecule has 2 aromatic heterocycles. The van der Waals surface area contributed by atoms with Gasteiger partial charge in [0.1, 0.15) is 5.76 Å². The number of furan rings is 1. The summed E-state index contributed by atoms with van der Waals surface area (Å²) in [6.07, 6.45) is 3.04. The number of nitrogens with zero attached hydrogens (tertiary/aromatic N) is 1. The van der Waals surface area contributed by atoms with Crippen molar-refractivity contribution in [1.29, 1.82) is 0 Å². The molecule has 6 heteroatoms. The predicted molar refractivity (Wildman–Crippen MR) is 74.9 cm³/mol. The Bertz CT molecular complexity index is 729. The van der Waals surface area contributed by atoms with Gasteiger partial charge in [-0.3, -0.25) is 0 Å². The number of carboxylic acid groups (broad SMARTS) is 1. The number of oxazole rings is 1. The molecule has 0 bridgehead atoms. The maximum Gasteiger partial charge on any atom is 0.371 e. The summed E-state index contributed by atoms with van der Waals surface area (Å²) in [5.41, 5.74) is 1.83. The average Bonchev–Trinajstić information content (AvgIpc) is 3.17. The van der Waals surface area contributed by atoms with Crippen molar-refractivity contribution in [2.45, 2.75) is 6.54 Å². The molecule has 0 spiro atoms. The number of hydrogen-bond acceptors (Lipinski definition) is 5. The second-order valence-corrected chi connectivity index (χ2v) is 4.37. The van der Waals surface area contributed by atoms with Crippen molar-refractivity contribution in [3.63, 3.8) is 0 Å². The molecule has 2 heterocycles. The van der Waals surface area contributed by atoms with E-state index in [1.807, 2.05) is 24.3 Å². The number of aromatic carboxylic acids is 1. The van der Waals surface area contributed by atoms with Crippen molar-refractivity contribution < 1.29 is 18.7 Å². The summed E-state index contributed by atoms with van der Waals surface area (Å²) in [5.74, 6) is 0.135. The van der Waals surface area contributed by atoms with Gasteiger partial charge in [-0.2, -0.15) is 0 Å². The highest BCUT2D eigenvalue weighted by Crippen LogP contribution is 2.21. The van der Waals surface area contributed by atoms with E-state index in [9.17, 15) is 4.79 Å². The Morgan fingerprint density at radius 1 is 1.19 bits per heavy atom. The topological polar surface area (TPSA) is 88.5 Å². The van der Waals surface area contributed by atoms with E-state index in [2.05, 4.69) is 10.3 Å². The Kier molecular flexibility index (Phi) is 3.42. The van der Waals surface area contributed by atoms with E-state index < -0.39 is 5.97 Å². The molecule has 0 saturated carbocycles. The molecule has 0 aliphatic rings. The number of carboxylic acids is 1. The molecule has 0 unspecified atom stereocenters. The second kappa shape index (κ2) is 5.54. The van der Waals surface area contributed by atoms with Crippen LogP contribution in [0.15, 0.2) is 57.8 Å². The molecule has 0 atom stereocenters. The third-order valence-electron chi connectivity index (χ3n) is 2.94. The molecule has 6 nitrogen and oxygen atoms in total. The van der Waals surface area contributed by atoms with Gasteiger partial charge in [0.15, 0.2) is 12.2 Å². The van der Waals surface area contributed by atoms with Crippen LogP contribution in [-0.4, -0.2) is 16.1 Å². The molecule has 0 radical (unpaired) electrons. The number of benzene rings is 1. The van der Waals surface area contributed by atoms with Crippen molar-refractivity contribution >= 4 is 11.7 Å². The fourth-order valence-corrected chi connectivity index (χ4v) is 1.89. The number of nitrogens with one attached hydrogen (secondary N) is 1. The molecule has 0 fully saturated rings. The average molecular weight is 284 g/mol. The monoisotopic (exact) mass is 284 g/mol. The van der Waals surface area contributed by atoms with Gasteiger partial charge in [-0.1, -0.05) is 0 Å². The molecule has 3 rings (SSSR count). The van der Waals surface area contributed by atoms with Gasteiger partial charge in [0, 0.05) is 11.3 Å². The van der Waals surface area contributed by atoms with Crippen LogP contribution in [0.5, 0.6) is 0 Å². The van der Waals surface area contributed by atoms with Crippen LogP contribution in [0, 0.1) is 0 Å². The normalized spacial score (nSPS) is 10.5. The maximum absolute atomic E-state index is 10.7. The van der Waals surface area contributed by atoms with Gasteiger partial charge in [-0.15, -0.1) is 0 Å². The first-order valence-electron chi connectivity index (χ1n) is 6.27. The van der Waals surface area contributed by atoms with Crippen molar-refractivity contribution in [3.05, 3.63) is 60.5 Å². The molecular formula is C15H12N2O4. The largest absolute Gasteiger partial charge is 0.475 e.